The average Bonchev–Trinajstić information content (AvgIpc) is 1.89. The van der Waals surface area contributed by atoms with Crippen molar-refractivity contribution in [3.8, 4) is 0 Å². The second-order valence-electron chi connectivity index (χ2n) is 2.85. The van der Waals surface area contributed by atoms with Gasteiger partial charge in [-0.15, -0.1) is 0 Å². The molecule has 0 aromatic rings. The van der Waals surface area contributed by atoms with E-state index < -0.39 is 0 Å². The van der Waals surface area contributed by atoms with Crippen molar-refractivity contribution in [2.24, 2.45) is 11.8 Å². The minimum atomic E-state index is 0.788. The third-order valence-corrected chi connectivity index (χ3v) is 3.25. The third kappa shape index (κ3) is 4.51. The van der Waals surface area contributed by atoms with Gasteiger partial charge in [-0.2, -0.15) is 24.4 Å². The van der Waals surface area contributed by atoms with Crippen molar-refractivity contribution in [3.05, 3.63) is 0 Å². The normalized spacial score (nSPS) is 14.1. The lowest BCUT2D eigenvalue weighted by molar-refractivity contribution is 0.473. The number of hydrogen-bond donors (Lipinski definition) is 1. The summed E-state index contributed by atoms with van der Waals surface area (Å²) in [6.45, 7) is 6.76. The van der Waals surface area contributed by atoms with E-state index in [1.165, 1.54) is 11.5 Å². The summed E-state index contributed by atoms with van der Waals surface area (Å²) in [5.74, 6) is 5.13. The summed E-state index contributed by atoms with van der Waals surface area (Å²) in [5.41, 5.74) is 0. The van der Waals surface area contributed by atoms with Crippen LogP contribution in [0.5, 0.6) is 0 Å². The highest BCUT2D eigenvalue weighted by Gasteiger charge is 2.09. The van der Waals surface area contributed by atoms with Gasteiger partial charge in [-0.3, -0.25) is 0 Å². The maximum absolute atomic E-state index is 4.31. The van der Waals surface area contributed by atoms with E-state index in [2.05, 4.69) is 33.4 Å². The molecule has 10 heavy (non-hydrogen) atoms. The van der Waals surface area contributed by atoms with Crippen LogP contribution in [0, 0.1) is 11.8 Å². The lowest BCUT2D eigenvalue weighted by atomic mass is 10.0. The Balaban J connectivity index is 3.40. The van der Waals surface area contributed by atoms with Crippen LogP contribution in [-0.2, 0) is 0 Å². The molecular formula is C8H18S2. The van der Waals surface area contributed by atoms with Gasteiger partial charge in [0.25, 0.3) is 0 Å². The fraction of sp³-hybridized carbons (Fsp3) is 1.00. The molecule has 0 aliphatic carbocycles. The van der Waals surface area contributed by atoms with Gasteiger partial charge in [-0.1, -0.05) is 20.8 Å². The van der Waals surface area contributed by atoms with Gasteiger partial charge in [0, 0.05) is 0 Å². The highest BCUT2D eigenvalue weighted by atomic mass is 32.2. The SMILES string of the molecule is CCSCC(CS)C(C)C. The van der Waals surface area contributed by atoms with E-state index in [0.29, 0.717) is 0 Å². The van der Waals surface area contributed by atoms with Gasteiger partial charge in [-0.25, -0.2) is 0 Å². The zero-order valence-electron chi connectivity index (χ0n) is 7.13. The van der Waals surface area contributed by atoms with E-state index >= 15 is 0 Å². The van der Waals surface area contributed by atoms with Gasteiger partial charge >= 0.3 is 0 Å². The highest BCUT2D eigenvalue weighted by molar-refractivity contribution is 7.99. The van der Waals surface area contributed by atoms with Crippen LogP contribution < -0.4 is 0 Å². The predicted octanol–water partition coefficient (Wildman–Crippen LogP) is 2.94. The molecular weight excluding hydrogens is 160 g/mol. The van der Waals surface area contributed by atoms with E-state index in [-0.39, 0.29) is 0 Å². The van der Waals surface area contributed by atoms with Crippen LogP contribution in [0.25, 0.3) is 0 Å². The van der Waals surface area contributed by atoms with E-state index in [1.54, 1.807) is 0 Å². The second kappa shape index (κ2) is 6.41. The lowest BCUT2D eigenvalue weighted by Gasteiger charge is -2.16. The first-order valence-corrected chi connectivity index (χ1v) is 5.69. The molecule has 0 saturated heterocycles. The Morgan fingerprint density at radius 3 is 2.30 bits per heavy atom. The van der Waals surface area contributed by atoms with Crippen molar-refractivity contribution in [1.82, 2.24) is 0 Å². The van der Waals surface area contributed by atoms with Crippen LogP contribution in [0.3, 0.4) is 0 Å². The summed E-state index contributed by atoms with van der Waals surface area (Å²) in [7, 11) is 0. The van der Waals surface area contributed by atoms with Crippen LogP contribution in [0.2, 0.25) is 0 Å². The Hall–Kier alpha value is 0.700. The molecule has 0 rings (SSSR count). The molecule has 0 aromatic carbocycles. The van der Waals surface area contributed by atoms with Gasteiger partial charge in [0.05, 0.1) is 0 Å². The molecule has 0 saturated carbocycles. The molecule has 0 aromatic heterocycles. The molecule has 0 bridgehead atoms. The van der Waals surface area contributed by atoms with E-state index in [4.69, 9.17) is 0 Å². The molecule has 1 atom stereocenters. The third-order valence-electron chi connectivity index (χ3n) is 1.71. The summed E-state index contributed by atoms with van der Waals surface area (Å²) >= 11 is 6.33. The van der Waals surface area contributed by atoms with Crippen molar-refractivity contribution in [1.29, 1.82) is 0 Å². The summed E-state index contributed by atoms with van der Waals surface area (Å²) in [4.78, 5) is 0. The Labute approximate surface area is 74.6 Å². The van der Waals surface area contributed by atoms with Gasteiger partial charge < -0.3 is 0 Å². The lowest BCUT2D eigenvalue weighted by Crippen LogP contribution is -2.13. The second-order valence-corrected chi connectivity index (χ2v) is 4.53. The van der Waals surface area contributed by atoms with Crippen molar-refractivity contribution in [2.45, 2.75) is 20.8 Å². The molecule has 0 heterocycles. The molecule has 0 aliphatic rings. The molecule has 0 fully saturated rings. The maximum Gasteiger partial charge on any atom is -0.00290 e. The molecule has 62 valence electrons. The quantitative estimate of drug-likeness (QED) is 0.632. The summed E-state index contributed by atoms with van der Waals surface area (Å²) in [6, 6.07) is 0. The van der Waals surface area contributed by atoms with Crippen LogP contribution in [-0.4, -0.2) is 17.3 Å². The number of hydrogen-bond acceptors (Lipinski definition) is 2. The smallest absolute Gasteiger partial charge is 0.00290 e. The molecule has 0 nitrogen and oxygen atoms in total. The summed E-state index contributed by atoms with van der Waals surface area (Å²) in [5, 5.41) is 0. The first-order chi connectivity index (χ1) is 4.72. The maximum atomic E-state index is 4.31. The Kier molecular flexibility index (Phi) is 6.86. The van der Waals surface area contributed by atoms with Crippen molar-refractivity contribution >= 4 is 24.4 Å². The first kappa shape index (κ1) is 10.7. The minimum absolute atomic E-state index is 0.788. The number of thiol groups is 1. The molecule has 0 radical (unpaired) electrons. The van der Waals surface area contributed by atoms with Crippen molar-refractivity contribution in [3.63, 3.8) is 0 Å². The van der Waals surface area contributed by atoms with Crippen LogP contribution in [0.4, 0.5) is 0 Å². The van der Waals surface area contributed by atoms with E-state index in [0.717, 1.165) is 17.6 Å². The highest BCUT2D eigenvalue weighted by Crippen LogP contribution is 2.17. The molecule has 0 spiro atoms. The molecule has 0 N–H and O–H groups in total. The van der Waals surface area contributed by atoms with Crippen LogP contribution >= 0.6 is 24.4 Å². The van der Waals surface area contributed by atoms with Gasteiger partial charge in [0.2, 0.25) is 0 Å². The monoisotopic (exact) mass is 178 g/mol. The van der Waals surface area contributed by atoms with Crippen LogP contribution in [0.15, 0.2) is 0 Å². The predicted molar refractivity (Wildman–Crippen MR) is 55.2 cm³/mol. The zero-order valence-corrected chi connectivity index (χ0v) is 8.84. The Morgan fingerprint density at radius 1 is 1.40 bits per heavy atom. The average molecular weight is 178 g/mol. The molecule has 0 aliphatic heterocycles. The van der Waals surface area contributed by atoms with Crippen LogP contribution in [0.1, 0.15) is 20.8 Å². The fourth-order valence-electron chi connectivity index (χ4n) is 0.725. The molecule has 1 unspecified atom stereocenters. The van der Waals surface area contributed by atoms with E-state index in [9.17, 15) is 0 Å². The Bertz CT molecular complexity index is 71.7. The summed E-state index contributed by atoms with van der Waals surface area (Å²) in [6.07, 6.45) is 0. The number of rotatable bonds is 5. The van der Waals surface area contributed by atoms with E-state index in [1.807, 2.05) is 11.8 Å². The topological polar surface area (TPSA) is 0 Å². The standard InChI is InChI=1S/C8H18S2/c1-4-10-6-8(5-9)7(2)3/h7-9H,4-6H2,1-3H3. The molecule has 0 amide bonds. The Morgan fingerprint density at radius 2 is 2.00 bits per heavy atom. The number of thioether (sulfide) groups is 1. The largest absolute Gasteiger partial charge is 0.179 e. The van der Waals surface area contributed by atoms with Gasteiger partial charge in [0.15, 0.2) is 0 Å². The van der Waals surface area contributed by atoms with Crippen molar-refractivity contribution < 1.29 is 0 Å². The minimum Gasteiger partial charge on any atom is -0.179 e. The summed E-state index contributed by atoms with van der Waals surface area (Å²) < 4.78 is 0. The zero-order chi connectivity index (χ0) is 7.98. The molecule has 2 heteroatoms. The fourth-order valence-corrected chi connectivity index (χ4v) is 2.49. The first-order valence-electron chi connectivity index (χ1n) is 3.91. The van der Waals surface area contributed by atoms with Crippen molar-refractivity contribution in [2.75, 3.05) is 17.3 Å². The van der Waals surface area contributed by atoms with Gasteiger partial charge in [0.1, 0.15) is 0 Å². The van der Waals surface area contributed by atoms with Gasteiger partial charge in [-0.05, 0) is 29.1 Å².